The predicted molar refractivity (Wildman–Crippen MR) is 74.8 cm³/mol. The van der Waals surface area contributed by atoms with Gasteiger partial charge in [-0.25, -0.2) is 0 Å². The Labute approximate surface area is 105 Å². The third-order valence-corrected chi connectivity index (χ3v) is 3.35. The number of nitrogens with zero attached hydrogens (tertiary/aromatic N) is 2. The van der Waals surface area contributed by atoms with E-state index in [0.29, 0.717) is 6.04 Å². The fourth-order valence-electron chi connectivity index (χ4n) is 2.17. The van der Waals surface area contributed by atoms with Gasteiger partial charge in [-0.3, -0.25) is 4.90 Å². The van der Waals surface area contributed by atoms with Crippen molar-refractivity contribution < 1.29 is 0 Å². The standard InChI is InChI=1S/C14H25N3/c1-6-14(8-7-12(2)15-4)17-10-9-16(5)11-13(17)3/h6,14-15H,1-3,7-11H2,4-5H3. The van der Waals surface area contributed by atoms with Gasteiger partial charge in [-0.2, -0.15) is 0 Å². The quantitative estimate of drug-likeness (QED) is 0.708. The van der Waals surface area contributed by atoms with Crippen LogP contribution >= 0.6 is 0 Å². The Balaban J connectivity index is 2.52. The molecule has 1 aliphatic rings. The van der Waals surface area contributed by atoms with Crippen molar-refractivity contribution in [3.8, 4) is 0 Å². The van der Waals surface area contributed by atoms with Crippen molar-refractivity contribution in [1.29, 1.82) is 0 Å². The molecule has 96 valence electrons. The summed E-state index contributed by atoms with van der Waals surface area (Å²) in [6.07, 6.45) is 4.05. The average molecular weight is 235 g/mol. The van der Waals surface area contributed by atoms with E-state index in [-0.39, 0.29) is 0 Å². The Hall–Kier alpha value is -1.22. The Morgan fingerprint density at radius 3 is 2.76 bits per heavy atom. The lowest BCUT2D eigenvalue weighted by Crippen LogP contribution is -2.46. The van der Waals surface area contributed by atoms with E-state index in [4.69, 9.17) is 0 Å². The van der Waals surface area contributed by atoms with Gasteiger partial charge in [0.25, 0.3) is 0 Å². The predicted octanol–water partition coefficient (Wildman–Crippen LogP) is 1.82. The molecule has 0 amide bonds. The molecule has 1 unspecified atom stereocenters. The lowest BCUT2D eigenvalue weighted by molar-refractivity contribution is 0.175. The van der Waals surface area contributed by atoms with Crippen LogP contribution in [0.3, 0.4) is 0 Å². The highest BCUT2D eigenvalue weighted by Gasteiger charge is 2.22. The Kier molecular flexibility index (Phi) is 5.29. The molecule has 0 aromatic heterocycles. The monoisotopic (exact) mass is 235 g/mol. The molecule has 0 saturated carbocycles. The van der Waals surface area contributed by atoms with Gasteiger partial charge in [0.2, 0.25) is 0 Å². The first kappa shape index (κ1) is 13.8. The maximum absolute atomic E-state index is 4.16. The molecular formula is C14H25N3. The van der Waals surface area contributed by atoms with Gasteiger partial charge in [-0.1, -0.05) is 19.2 Å². The van der Waals surface area contributed by atoms with Gasteiger partial charge in [0.15, 0.2) is 0 Å². The summed E-state index contributed by atoms with van der Waals surface area (Å²) in [5.41, 5.74) is 2.27. The van der Waals surface area contributed by atoms with Crippen molar-refractivity contribution in [2.45, 2.75) is 18.9 Å². The van der Waals surface area contributed by atoms with E-state index in [0.717, 1.165) is 38.2 Å². The minimum Gasteiger partial charge on any atom is -0.392 e. The van der Waals surface area contributed by atoms with Crippen molar-refractivity contribution in [3.05, 3.63) is 37.2 Å². The van der Waals surface area contributed by atoms with Gasteiger partial charge in [0.1, 0.15) is 0 Å². The molecular weight excluding hydrogens is 210 g/mol. The second kappa shape index (κ2) is 6.50. The molecule has 3 heteroatoms. The third-order valence-electron chi connectivity index (χ3n) is 3.35. The Morgan fingerprint density at radius 1 is 1.53 bits per heavy atom. The first-order valence-electron chi connectivity index (χ1n) is 6.19. The molecule has 17 heavy (non-hydrogen) atoms. The fourth-order valence-corrected chi connectivity index (χ4v) is 2.17. The van der Waals surface area contributed by atoms with Crippen LogP contribution in [0.2, 0.25) is 0 Å². The number of hydrogen-bond donors (Lipinski definition) is 1. The second-order valence-electron chi connectivity index (χ2n) is 4.69. The van der Waals surface area contributed by atoms with Crippen LogP contribution in [-0.4, -0.2) is 49.6 Å². The maximum Gasteiger partial charge on any atom is 0.0472 e. The van der Waals surface area contributed by atoms with Gasteiger partial charge in [-0.05, 0) is 19.9 Å². The normalized spacial score (nSPS) is 18.9. The van der Waals surface area contributed by atoms with E-state index in [1.807, 2.05) is 13.1 Å². The minimum atomic E-state index is 0.376. The van der Waals surface area contributed by atoms with Gasteiger partial charge >= 0.3 is 0 Å². The van der Waals surface area contributed by atoms with Crippen LogP contribution in [0.1, 0.15) is 12.8 Å². The molecule has 1 saturated heterocycles. The lowest BCUT2D eigenvalue weighted by Gasteiger charge is -2.40. The zero-order valence-electron chi connectivity index (χ0n) is 11.2. The molecule has 1 N–H and O–H groups in total. The molecule has 0 aliphatic carbocycles. The molecule has 1 fully saturated rings. The summed E-state index contributed by atoms with van der Waals surface area (Å²) in [7, 11) is 4.05. The zero-order chi connectivity index (χ0) is 12.8. The summed E-state index contributed by atoms with van der Waals surface area (Å²) < 4.78 is 0. The van der Waals surface area contributed by atoms with Crippen molar-refractivity contribution in [2.75, 3.05) is 33.7 Å². The van der Waals surface area contributed by atoms with Crippen molar-refractivity contribution in [3.63, 3.8) is 0 Å². The van der Waals surface area contributed by atoms with Gasteiger partial charge < -0.3 is 10.2 Å². The van der Waals surface area contributed by atoms with Crippen LogP contribution in [0.25, 0.3) is 0 Å². The Bertz CT molecular complexity index is 296. The highest BCUT2D eigenvalue weighted by atomic mass is 15.3. The molecule has 1 aliphatic heterocycles. The topological polar surface area (TPSA) is 18.5 Å². The summed E-state index contributed by atoms with van der Waals surface area (Å²) in [6, 6.07) is 0.376. The largest absolute Gasteiger partial charge is 0.392 e. The summed E-state index contributed by atoms with van der Waals surface area (Å²) in [6.45, 7) is 15.2. The number of nitrogens with one attached hydrogen (secondary N) is 1. The van der Waals surface area contributed by atoms with Crippen molar-refractivity contribution in [1.82, 2.24) is 15.1 Å². The number of allylic oxidation sites excluding steroid dienone is 1. The first-order valence-corrected chi connectivity index (χ1v) is 6.19. The fraction of sp³-hybridized carbons (Fsp3) is 0.571. The zero-order valence-corrected chi connectivity index (χ0v) is 11.2. The highest BCUT2D eigenvalue weighted by molar-refractivity contribution is 5.07. The maximum atomic E-state index is 4.16. The molecule has 3 nitrogen and oxygen atoms in total. The molecule has 0 aromatic carbocycles. The SMILES string of the molecule is C=CC(CCC(=C)NC)N1CCN(C)CC1=C. The molecule has 0 bridgehead atoms. The van der Waals surface area contributed by atoms with Crippen LogP contribution in [0, 0.1) is 0 Å². The van der Waals surface area contributed by atoms with Crippen LogP contribution in [-0.2, 0) is 0 Å². The van der Waals surface area contributed by atoms with Crippen LogP contribution in [0.4, 0.5) is 0 Å². The molecule has 0 aromatic rings. The molecule has 1 rings (SSSR count). The highest BCUT2D eigenvalue weighted by Crippen LogP contribution is 2.19. The van der Waals surface area contributed by atoms with Gasteiger partial charge in [0, 0.05) is 44.1 Å². The molecule has 1 heterocycles. The van der Waals surface area contributed by atoms with E-state index in [1.165, 1.54) is 5.70 Å². The van der Waals surface area contributed by atoms with Crippen molar-refractivity contribution >= 4 is 0 Å². The third kappa shape index (κ3) is 3.93. The van der Waals surface area contributed by atoms with Crippen LogP contribution in [0.15, 0.2) is 37.2 Å². The molecule has 0 spiro atoms. The van der Waals surface area contributed by atoms with Crippen LogP contribution in [0.5, 0.6) is 0 Å². The van der Waals surface area contributed by atoms with E-state index in [2.05, 4.69) is 41.9 Å². The van der Waals surface area contributed by atoms with Gasteiger partial charge in [-0.15, -0.1) is 6.58 Å². The Morgan fingerprint density at radius 2 is 2.24 bits per heavy atom. The van der Waals surface area contributed by atoms with E-state index in [9.17, 15) is 0 Å². The van der Waals surface area contributed by atoms with Gasteiger partial charge in [0.05, 0.1) is 0 Å². The van der Waals surface area contributed by atoms with E-state index >= 15 is 0 Å². The summed E-state index contributed by atoms with van der Waals surface area (Å²) in [5.74, 6) is 0. The summed E-state index contributed by atoms with van der Waals surface area (Å²) in [4.78, 5) is 4.67. The number of hydrogen-bond acceptors (Lipinski definition) is 3. The lowest BCUT2D eigenvalue weighted by atomic mass is 10.1. The molecule has 0 radical (unpaired) electrons. The number of likely N-dealkylation sites (N-methyl/N-ethyl adjacent to an activating group) is 1. The molecule has 1 atom stereocenters. The second-order valence-corrected chi connectivity index (χ2v) is 4.69. The average Bonchev–Trinajstić information content (AvgIpc) is 2.31. The smallest absolute Gasteiger partial charge is 0.0472 e. The van der Waals surface area contributed by atoms with E-state index < -0.39 is 0 Å². The number of piperazine rings is 1. The van der Waals surface area contributed by atoms with E-state index in [1.54, 1.807) is 0 Å². The number of rotatable bonds is 6. The first-order chi connectivity index (χ1) is 8.08. The van der Waals surface area contributed by atoms with Crippen LogP contribution < -0.4 is 5.32 Å². The van der Waals surface area contributed by atoms with Crippen molar-refractivity contribution in [2.24, 2.45) is 0 Å². The summed E-state index contributed by atoms with van der Waals surface area (Å²) >= 11 is 0. The summed E-state index contributed by atoms with van der Waals surface area (Å²) in [5, 5.41) is 3.09. The minimum absolute atomic E-state index is 0.376.